The summed E-state index contributed by atoms with van der Waals surface area (Å²) in [4.78, 5) is 26.3. The van der Waals surface area contributed by atoms with Crippen molar-refractivity contribution in [3.63, 3.8) is 0 Å². The van der Waals surface area contributed by atoms with Crippen molar-refractivity contribution in [2.45, 2.75) is 63.8 Å². The number of benzene rings is 1. The molecule has 6 nitrogen and oxygen atoms in total. The number of amides is 1. The lowest BCUT2D eigenvalue weighted by Crippen LogP contribution is -2.51. The van der Waals surface area contributed by atoms with Gasteiger partial charge in [-0.05, 0) is 43.7 Å². The maximum Gasteiger partial charge on any atom is 0.252 e. The normalized spacial score (nSPS) is 22.2. The maximum atomic E-state index is 13.1. The molecule has 2 aliphatic heterocycles. The zero-order valence-corrected chi connectivity index (χ0v) is 17.0. The van der Waals surface area contributed by atoms with Crippen LogP contribution in [0, 0.1) is 6.92 Å². The van der Waals surface area contributed by atoms with E-state index in [1.807, 2.05) is 24.0 Å². The molecule has 1 saturated heterocycles. The molecular formula is C23H28N4O2. The molecule has 1 aromatic heterocycles. The fourth-order valence-corrected chi connectivity index (χ4v) is 4.68. The number of fused-ring (bicyclic) bond motifs is 1. The van der Waals surface area contributed by atoms with Crippen LogP contribution in [0.5, 0.6) is 0 Å². The summed E-state index contributed by atoms with van der Waals surface area (Å²) in [6.07, 6.45) is 6.43. The second-order valence-corrected chi connectivity index (χ2v) is 8.48. The summed E-state index contributed by atoms with van der Waals surface area (Å²) in [5, 5.41) is 0. The largest absolute Gasteiger partial charge is 0.363 e. The van der Waals surface area contributed by atoms with Gasteiger partial charge in [-0.3, -0.25) is 4.79 Å². The van der Waals surface area contributed by atoms with Crippen LogP contribution in [0.1, 0.15) is 42.5 Å². The van der Waals surface area contributed by atoms with E-state index in [1.54, 1.807) is 6.33 Å². The van der Waals surface area contributed by atoms with Crippen LogP contribution in [0.15, 0.2) is 36.7 Å². The van der Waals surface area contributed by atoms with Crippen molar-refractivity contribution in [3.05, 3.63) is 53.5 Å². The van der Waals surface area contributed by atoms with Crippen LogP contribution in [0.3, 0.4) is 0 Å². The lowest BCUT2D eigenvalue weighted by Gasteiger charge is -2.40. The van der Waals surface area contributed by atoms with Crippen molar-refractivity contribution in [2.75, 3.05) is 18.0 Å². The summed E-state index contributed by atoms with van der Waals surface area (Å²) in [7, 11) is 0. The van der Waals surface area contributed by atoms with E-state index >= 15 is 0 Å². The molecule has 5 rings (SSSR count). The zero-order chi connectivity index (χ0) is 19.8. The highest BCUT2D eigenvalue weighted by molar-refractivity contribution is 5.81. The number of nitrogens with zero attached hydrogens (tertiary/aromatic N) is 4. The van der Waals surface area contributed by atoms with Crippen LogP contribution in [-0.4, -0.2) is 52.1 Å². The molecule has 6 heteroatoms. The Balaban J connectivity index is 1.23. The molecule has 3 aliphatic rings. The first-order chi connectivity index (χ1) is 14.2. The number of carbonyl (C=O) groups excluding carboxylic acids is 1. The third kappa shape index (κ3) is 3.86. The quantitative estimate of drug-likeness (QED) is 0.801. The Kier molecular flexibility index (Phi) is 4.96. The Labute approximate surface area is 171 Å². The first-order valence-electron chi connectivity index (χ1n) is 10.7. The van der Waals surface area contributed by atoms with Gasteiger partial charge in [-0.25, -0.2) is 9.97 Å². The molecule has 2 aromatic rings. The highest BCUT2D eigenvalue weighted by atomic mass is 16.5. The zero-order valence-electron chi connectivity index (χ0n) is 17.0. The van der Waals surface area contributed by atoms with E-state index in [4.69, 9.17) is 4.74 Å². The lowest BCUT2D eigenvalue weighted by molar-refractivity contribution is -0.146. The number of hydrogen-bond acceptors (Lipinski definition) is 5. The molecule has 152 valence electrons. The molecule has 3 heterocycles. The molecule has 1 saturated carbocycles. The SMILES string of the molecule is Cc1cc(N(C2CC2)C2CCN(C(=O)C3Cc4ccccc4CO3)CC2)ncn1. The van der Waals surface area contributed by atoms with Gasteiger partial charge in [0.1, 0.15) is 18.2 Å². The Bertz CT molecular complexity index is 890. The third-order valence-corrected chi connectivity index (χ3v) is 6.40. The van der Waals surface area contributed by atoms with Crippen LogP contribution in [0.2, 0.25) is 0 Å². The number of anilines is 1. The monoisotopic (exact) mass is 392 g/mol. The van der Waals surface area contributed by atoms with Gasteiger partial charge < -0.3 is 14.5 Å². The summed E-state index contributed by atoms with van der Waals surface area (Å²) in [6.45, 7) is 4.13. The van der Waals surface area contributed by atoms with Crippen molar-refractivity contribution in [2.24, 2.45) is 0 Å². The Morgan fingerprint density at radius 2 is 1.79 bits per heavy atom. The predicted molar refractivity (Wildman–Crippen MR) is 111 cm³/mol. The van der Waals surface area contributed by atoms with E-state index < -0.39 is 0 Å². The van der Waals surface area contributed by atoms with Gasteiger partial charge in [0.05, 0.1) is 6.61 Å². The van der Waals surface area contributed by atoms with Crippen LogP contribution < -0.4 is 4.90 Å². The van der Waals surface area contributed by atoms with Gasteiger partial charge in [0.25, 0.3) is 5.91 Å². The van der Waals surface area contributed by atoms with E-state index in [9.17, 15) is 4.79 Å². The molecule has 1 aliphatic carbocycles. The number of aromatic nitrogens is 2. The summed E-state index contributed by atoms with van der Waals surface area (Å²) in [6, 6.07) is 11.4. The fourth-order valence-electron chi connectivity index (χ4n) is 4.68. The van der Waals surface area contributed by atoms with Gasteiger partial charge in [-0.1, -0.05) is 24.3 Å². The minimum Gasteiger partial charge on any atom is -0.363 e. The molecule has 0 bridgehead atoms. The third-order valence-electron chi connectivity index (χ3n) is 6.40. The van der Waals surface area contributed by atoms with E-state index in [2.05, 4.69) is 33.1 Å². The molecule has 0 N–H and O–H groups in total. The van der Waals surface area contributed by atoms with Gasteiger partial charge in [0.2, 0.25) is 0 Å². The van der Waals surface area contributed by atoms with Gasteiger partial charge in [0.15, 0.2) is 0 Å². The van der Waals surface area contributed by atoms with Crippen LogP contribution >= 0.6 is 0 Å². The van der Waals surface area contributed by atoms with Crippen molar-refractivity contribution in [1.29, 1.82) is 0 Å². The van der Waals surface area contributed by atoms with Crippen LogP contribution in [0.4, 0.5) is 5.82 Å². The van der Waals surface area contributed by atoms with Gasteiger partial charge >= 0.3 is 0 Å². The number of rotatable bonds is 4. The number of aryl methyl sites for hydroxylation is 1. The lowest BCUT2D eigenvalue weighted by atomic mass is 9.97. The average Bonchev–Trinajstić information content (AvgIpc) is 3.59. The van der Waals surface area contributed by atoms with Crippen molar-refractivity contribution in [1.82, 2.24) is 14.9 Å². The second kappa shape index (κ2) is 7.75. The molecule has 1 atom stereocenters. The number of hydrogen-bond donors (Lipinski definition) is 0. The first-order valence-corrected chi connectivity index (χ1v) is 10.7. The predicted octanol–water partition coefficient (Wildman–Crippen LogP) is 2.89. The number of carbonyl (C=O) groups is 1. The van der Waals surface area contributed by atoms with Gasteiger partial charge in [0, 0.05) is 43.4 Å². The first kappa shape index (κ1) is 18.6. The van der Waals surface area contributed by atoms with Crippen molar-refractivity contribution in [3.8, 4) is 0 Å². The maximum absolute atomic E-state index is 13.1. The minimum absolute atomic E-state index is 0.147. The highest BCUT2D eigenvalue weighted by Gasteiger charge is 2.38. The summed E-state index contributed by atoms with van der Waals surface area (Å²) < 4.78 is 5.91. The molecule has 29 heavy (non-hydrogen) atoms. The molecule has 1 unspecified atom stereocenters. The molecule has 1 amide bonds. The van der Waals surface area contributed by atoms with E-state index in [0.717, 1.165) is 37.4 Å². The van der Waals surface area contributed by atoms with E-state index in [0.29, 0.717) is 25.1 Å². The van der Waals surface area contributed by atoms with Crippen molar-refractivity contribution < 1.29 is 9.53 Å². The molecule has 2 fully saturated rings. The molecule has 1 aromatic carbocycles. The summed E-state index contributed by atoms with van der Waals surface area (Å²) >= 11 is 0. The van der Waals surface area contributed by atoms with Gasteiger partial charge in [-0.2, -0.15) is 0 Å². The van der Waals surface area contributed by atoms with Gasteiger partial charge in [-0.15, -0.1) is 0 Å². The molecule has 0 spiro atoms. The van der Waals surface area contributed by atoms with Crippen molar-refractivity contribution >= 4 is 11.7 Å². The van der Waals surface area contributed by atoms with E-state index in [-0.39, 0.29) is 12.0 Å². The highest BCUT2D eigenvalue weighted by Crippen LogP contribution is 2.35. The standard InChI is InChI=1S/C23H28N4O2/c1-16-12-22(25-15-24-16)27(19-6-7-19)20-8-10-26(11-9-20)23(28)21-13-17-4-2-3-5-18(17)14-29-21/h2-5,12,15,19-21H,6-11,13-14H2,1H3. The molecular weight excluding hydrogens is 364 g/mol. The topological polar surface area (TPSA) is 58.6 Å². The summed E-state index contributed by atoms with van der Waals surface area (Å²) in [5.41, 5.74) is 3.45. The average molecular weight is 393 g/mol. The Morgan fingerprint density at radius 3 is 2.52 bits per heavy atom. The van der Waals surface area contributed by atoms with Crippen LogP contribution in [0.25, 0.3) is 0 Å². The molecule has 0 radical (unpaired) electrons. The summed E-state index contributed by atoms with van der Waals surface area (Å²) in [5.74, 6) is 1.19. The number of ether oxygens (including phenoxy) is 1. The smallest absolute Gasteiger partial charge is 0.252 e. The minimum atomic E-state index is -0.342. The number of likely N-dealkylation sites (tertiary alicyclic amines) is 1. The van der Waals surface area contributed by atoms with E-state index in [1.165, 1.54) is 24.0 Å². The fraction of sp³-hybridized carbons (Fsp3) is 0.522. The van der Waals surface area contributed by atoms with Crippen LogP contribution in [-0.2, 0) is 22.6 Å². The Morgan fingerprint density at radius 1 is 1.07 bits per heavy atom. The number of piperidine rings is 1. The second-order valence-electron chi connectivity index (χ2n) is 8.48. The Hall–Kier alpha value is -2.47.